The molecule has 7 heteroatoms. The minimum atomic E-state index is -0.356. The Morgan fingerprint density at radius 1 is 1.22 bits per heavy atom. The van der Waals surface area contributed by atoms with Gasteiger partial charge in [0.1, 0.15) is 6.61 Å². The molecule has 0 radical (unpaired) electrons. The van der Waals surface area contributed by atoms with Crippen LogP contribution in [0.3, 0.4) is 0 Å². The quantitative estimate of drug-likeness (QED) is 0.812. The molecular weight excluding hydrogens is 344 g/mol. The Labute approximate surface area is 161 Å². The summed E-state index contributed by atoms with van der Waals surface area (Å²) in [4.78, 5) is 37.3. The third kappa shape index (κ3) is 4.06. The number of anilines is 1. The minimum Gasteiger partial charge on any atom is -0.447 e. The van der Waals surface area contributed by atoms with Crippen LogP contribution in [0.1, 0.15) is 59.1 Å². The summed E-state index contributed by atoms with van der Waals surface area (Å²) in [5, 5.41) is 0. The second-order valence-corrected chi connectivity index (χ2v) is 8.88. The molecule has 1 aromatic rings. The van der Waals surface area contributed by atoms with Crippen molar-refractivity contribution in [1.82, 2.24) is 14.9 Å². The highest BCUT2D eigenvalue weighted by atomic mass is 16.6. The number of carbonyl (C=O) groups excluding carboxylic acids is 2. The number of cyclic esters (lactones) is 1. The van der Waals surface area contributed by atoms with Gasteiger partial charge in [0.15, 0.2) is 5.82 Å². The smallest absolute Gasteiger partial charge is 0.415 e. The summed E-state index contributed by atoms with van der Waals surface area (Å²) in [7, 11) is 0. The fraction of sp³-hybridized carbons (Fsp3) is 0.700. The fourth-order valence-electron chi connectivity index (χ4n) is 3.73. The molecule has 1 atom stereocenters. The van der Waals surface area contributed by atoms with Gasteiger partial charge in [-0.1, -0.05) is 34.6 Å². The highest BCUT2D eigenvalue weighted by molar-refractivity contribution is 5.89. The van der Waals surface area contributed by atoms with Gasteiger partial charge < -0.3 is 9.64 Å². The second kappa shape index (κ2) is 7.44. The van der Waals surface area contributed by atoms with Crippen LogP contribution in [0, 0.1) is 11.3 Å². The van der Waals surface area contributed by atoms with E-state index in [1.807, 2.05) is 25.7 Å². The Kier molecular flexibility index (Phi) is 5.40. The lowest BCUT2D eigenvalue weighted by Gasteiger charge is -2.35. The van der Waals surface area contributed by atoms with Crippen molar-refractivity contribution in [2.24, 2.45) is 11.3 Å². The average molecular weight is 374 g/mol. The topological polar surface area (TPSA) is 75.6 Å². The highest BCUT2D eigenvalue weighted by Gasteiger charge is 2.38. The van der Waals surface area contributed by atoms with Crippen LogP contribution in [-0.4, -0.2) is 52.6 Å². The highest BCUT2D eigenvalue weighted by Crippen LogP contribution is 2.31. The molecule has 0 aromatic carbocycles. The first-order valence-electron chi connectivity index (χ1n) is 9.75. The van der Waals surface area contributed by atoms with Crippen LogP contribution in [0.15, 0.2) is 12.4 Å². The number of aromatic nitrogens is 2. The van der Waals surface area contributed by atoms with Crippen molar-refractivity contribution in [3.63, 3.8) is 0 Å². The average Bonchev–Trinajstić information content (AvgIpc) is 3.02. The molecular formula is C20H30N4O3. The first-order valence-corrected chi connectivity index (χ1v) is 9.75. The molecule has 148 valence electrons. The maximum Gasteiger partial charge on any atom is 0.415 e. The third-order valence-corrected chi connectivity index (χ3v) is 5.40. The van der Waals surface area contributed by atoms with Crippen LogP contribution in [0.4, 0.5) is 10.6 Å². The zero-order chi connectivity index (χ0) is 19.8. The molecule has 0 N–H and O–H groups in total. The summed E-state index contributed by atoms with van der Waals surface area (Å²) >= 11 is 0. The van der Waals surface area contributed by atoms with Gasteiger partial charge in [0.25, 0.3) is 0 Å². The van der Waals surface area contributed by atoms with Gasteiger partial charge in [-0.05, 0) is 18.8 Å². The Balaban J connectivity index is 1.72. The minimum absolute atomic E-state index is 0.0201. The molecule has 3 heterocycles. The molecule has 3 rings (SSSR count). The summed E-state index contributed by atoms with van der Waals surface area (Å²) < 4.78 is 5.23. The molecule has 2 aliphatic heterocycles. The van der Waals surface area contributed by atoms with Gasteiger partial charge in [-0.25, -0.2) is 9.78 Å². The van der Waals surface area contributed by atoms with Crippen LogP contribution >= 0.6 is 0 Å². The summed E-state index contributed by atoms with van der Waals surface area (Å²) in [6.45, 7) is 11.8. The van der Waals surface area contributed by atoms with Crippen molar-refractivity contribution in [3.05, 3.63) is 18.1 Å². The first kappa shape index (κ1) is 19.6. The van der Waals surface area contributed by atoms with Crippen LogP contribution in [0.25, 0.3) is 0 Å². The molecule has 2 saturated heterocycles. The molecule has 2 aliphatic rings. The monoisotopic (exact) mass is 374 g/mol. The number of likely N-dealkylation sites (tertiary alicyclic amines) is 1. The predicted octanol–water partition coefficient (Wildman–Crippen LogP) is 3.21. The zero-order valence-corrected chi connectivity index (χ0v) is 16.9. The lowest BCUT2D eigenvalue weighted by Crippen LogP contribution is -2.43. The van der Waals surface area contributed by atoms with Crippen molar-refractivity contribution in [1.29, 1.82) is 0 Å². The van der Waals surface area contributed by atoms with Crippen molar-refractivity contribution in [3.8, 4) is 0 Å². The molecule has 0 saturated carbocycles. The Hall–Kier alpha value is -2.18. The molecule has 0 bridgehead atoms. The molecule has 2 fully saturated rings. The van der Waals surface area contributed by atoms with Crippen molar-refractivity contribution >= 4 is 17.8 Å². The molecule has 2 amide bonds. The standard InChI is InChI=1S/C20H30N4O3/c1-13(2)16-12-27-19(26)24(16)17-11-21-10-15(22-17)14-6-8-23(9-7-14)18(25)20(3,4)5/h10-11,13-14,16H,6-9,12H2,1-5H3/t16-/m1/s1. The van der Waals surface area contributed by atoms with E-state index in [1.54, 1.807) is 17.3 Å². The van der Waals surface area contributed by atoms with Gasteiger partial charge in [-0.3, -0.25) is 14.7 Å². The van der Waals surface area contributed by atoms with Gasteiger partial charge >= 0.3 is 6.09 Å². The molecule has 7 nitrogen and oxygen atoms in total. The van der Waals surface area contributed by atoms with E-state index in [0.717, 1.165) is 31.6 Å². The number of piperidine rings is 1. The maximum atomic E-state index is 12.5. The molecule has 0 spiro atoms. The van der Waals surface area contributed by atoms with E-state index in [4.69, 9.17) is 9.72 Å². The largest absolute Gasteiger partial charge is 0.447 e. The third-order valence-electron chi connectivity index (χ3n) is 5.40. The molecule has 1 aromatic heterocycles. The van der Waals surface area contributed by atoms with E-state index in [2.05, 4.69) is 18.8 Å². The van der Waals surface area contributed by atoms with Gasteiger partial charge in [0, 0.05) is 30.6 Å². The van der Waals surface area contributed by atoms with Crippen LogP contribution in [-0.2, 0) is 9.53 Å². The van der Waals surface area contributed by atoms with Crippen LogP contribution < -0.4 is 4.90 Å². The fourth-order valence-corrected chi connectivity index (χ4v) is 3.73. The van der Waals surface area contributed by atoms with E-state index in [-0.39, 0.29) is 35.3 Å². The number of nitrogens with zero attached hydrogens (tertiary/aromatic N) is 4. The summed E-state index contributed by atoms with van der Waals surface area (Å²) in [5.74, 6) is 1.27. The summed E-state index contributed by atoms with van der Waals surface area (Å²) in [6, 6.07) is -0.0201. The number of hydrogen-bond acceptors (Lipinski definition) is 5. The van der Waals surface area contributed by atoms with Gasteiger partial charge in [-0.15, -0.1) is 0 Å². The lowest BCUT2D eigenvalue weighted by atomic mass is 9.90. The normalized spacial score (nSPS) is 21.7. The number of amides is 2. The second-order valence-electron chi connectivity index (χ2n) is 8.88. The van der Waals surface area contributed by atoms with Crippen LogP contribution in [0.5, 0.6) is 0 Å². The van der Waals surface area contributed by atoms with Crippen LogP contribution in [0.2, 0.25) is 0 Å². The van der Waals surface area contributed by atoms with E-state index < -0.39 is 0 Å². The predicted molar refractivity (Wildman–Crippen MR) is 102 cm³/mol. The SMILES string of the molecule is CC(C)[C@H]1COC(=O)N1c1cncc(C2CCN(C(=O)C(C)(C)C)CC2)n1. The Morgan fingerprint density at radius 3 is 2.48 bits per heavy atom. The van der Waals surface area contributed by atoms with Gasteiger partial charge in [0.05, 0.1) is 17.9 Å². The Morgan fingerprint density at radius 2 is 1.89 bits per heavy atom. The number of rotatable bonds is 3. The van der Waals surface area contributed by atoms with Crippen molar-refractivity contribution in [2.45, 2.75) is 59.4 Å². The van der Waals surface area contributed by atoms with Crippen molar-refractivity contribution in [2.75, 3.05) is 24.6 Å². The zero-order valence-electron chi connectivity index (χ0n) is 16.9. The molecule has 0 unspecified atom stereocenters. The number of carbonyl (C=O) groups is 2. The Bertz CT molecular complexity index is 705. The van der Waals surface area contributed by atoms with Gasteiger partial charge in [0.2, 0.25) is 5.91 Å². The number of ether oxygens (including phenoxy) is 1. The van der Waals surface area contributed by atoms with E-state index in [0.29, 0.717) is 12.4 Å². The molecule has 27 heavy (non-hydrogen) atoms. The number of hydrogen-bond donors (Lipinski definition) is 0. The van der Waals surface area contributed by atoms with E-state index in [1.165, 1.54) is 0 Å². The maximum absolute atomic E-state index is 12.5. The van der Waals surface area contributed by atoms with Gasteiger partial charge in [-0.2, -0.15) is 0 Å². The first-order chi connectivity index (χ1) is 12.7. The summed E-state index contributed by atoms with van der Waals surface area (Å²) in [6.07, 6.45) is 4.77. The lowest BCUT2D eigenvalue weighted by molar-refractivity contribution is -0.140. The summed E-state index contributed by atoms with van der Waals surface area (Å²) in [5.41, 5.74) is 0.534. The van der Waals surface area contributed by atoms with Crippen molar-refractivity contribution < 1.29 is 14.3 Å². The van der Waals surface area contributed by atoms with E-state index >= 15 is 0 Å². The molecule has 0 aliphatic carbocycles. The van der Waals surface area contributed by atoms with E-state index in [9.17, 15) is 9.59 Å².